The molecule has 0 radical (unpaired) electrons. The molecule has 9 heteroatoms. The van der Waals surface area contributed by atoms with E-state index in [9.17, 15) is 9.59 Å². The lowest BCUT2D eigenvalue weighted by Crippen LogP contribution is -2.32. The zero-order valence-corrected chi connectivity index (χ0v) is 23.7. The van der Waals surface area contributed by atoms with Crippen molar-refractivity contribution in [3.63, 3.8) is 0 Å². The number of nitrogens with two attached hydrogens (primary N) is 1. The number of hydrogen-bond donors (Lipinski definition) is 2. The van der Waals surface area contributed by atoms with Crippen molar-refractivity contribution in [2.24, 2.45) is 5.92 Å². The molecule has 212 valence electrons. The Morgan fingerprint density at radius 1 is 1.10 bits per heavy atom. The summed E-state index contributed by atoms with van der Waals surface area (Å²) in [5.74, 6) is 6.59. The molecule has 3 aromatic heterocycles. The fourth-order valence-corrected chi connectivity index (χ4v) is 5.82. The first-order chi connectivity index (χ1) is 20.3. The van der Waals surface area contributed by atoms with Gasteiger partial charge in [0.05, 0.1) is 23.6 Å². The summed E-state index contributed by atoms with van der Waals surface area (Å²) in [6.45, 7) is 5.98. The van der Waals surface area contributed by atoms with Gasteiger partial charge in [0.2, 0.25) is 0 Å². The van der Waals surface area contributed by atoms with Crippen LogP contribution in [0.1, 0.15) is 61.3 Å². The Morgan fingerprint density at radius 2 is 1.86 bits per heavy atom. The van der Waals surface area contributed by atoms with Gasteiger partial charge in [0.25, 0.3) is 11.5 Å². The van der Waals surface area contributed by atoms with Crippen molar-refractivity contribution in [2.75, 3.05) is 5.73 Å². The largest absolute Gasteiger partial charge is 0.381 e. The van der Waals surface area contributed by atoms with Gasteiger partial charge >= 0.3 is 0 Å². The fraction of sp³-hybridized carbons (Fsp3) is 0.273. The van der Waals surface area contributed by atoms with E-state index in [2.05, 4.69) is 41.1 Å². The maximum atomic E-state index is 14.3. The maximum Gasteiger partial charge on any atom is 0.264 e. The Balaban J connectivity index is 1.43. The molecule has 1 fully saturated rings. The molecule has 1 saturated heterocycles. The minimum absolute atomic E-state index is 0.0777. The van der Waals surface area contributed by atoms with E-state index in [1.54, 1.807) is 23.0 Å². The molecule has 6 rings (SSSR count). The highest BCUT2D eigenvalue weighted by Gasteiger charge is 2.25. The number of hydrogen-bond acceptors (Lipinski definition) is 6. The number of pyridine rings is 1. The summed E-state index contributed by atoms with van der Waals surface area (Å²) in [4.78, 5) is 32.0. The van der Waals surface area contributed by atoms with Crippen molar-refractivity contribution >= 4 is 28.1 Å². The number of rotatable bonds is 4. The summed E-state index contributed by atoms with van der Waals surface area (Å²) < 4.78 is 8.99. The Labute approximate surface area is 243 Å². The number of aromatic nitrogens is 4. The molecular formula is C33H32N6O3. The van der Waals surface area contributed by atoms with Crippen molar-refractivity contribution in [3.8, 4) is 17.5 Å². The number of carbonyl (C=O) groups is 1. The van der Waals surface area contributed by atoms with E-state index in [0.717, 1.165) is 18.2 Å². The highest BCUT2D eigenvalue weighted by Crippen LogP contribution is 2.26. The SMILES string of the molecule is CC1CC(C#Cc2cccc3cc([C@@H](C)NC(=O)c4c(N)nn5cccnc45)n(-c4ccccc4)c(=O)c23)CC(C)O1. The van der Waals surface area contributed by atoms with Crippen LogP contribution in [0.4, 0.5) is 5.82 Å². The van der Waals surface area contributed by atoms with Gasteiger partial charge in [-0.1, -0.05) is 42.2 Å². The van der Waals surface area contributed by atoms with Gasteiger partial charge in [-0.3, -0.25) is 14.2 Å². The van der Waals surface area contributed by atoms with Crippen LogP contribution in [0, 0.1) is 17.8 Å². The minimum Gasteiger partial charge on any atom is -0.381 e. The number of anilines is 1. The predicted octanol–water partition coefficient (Wildman–Crippen LogP) is 4.66. The predicted molar refractivity (Wildman–Crippen MR) is 162 cm³/mol. The van der Waals surface area contributed by atoms with Crippen molar-refractivity contribution in [1.82, 2.24) is 24.5 Å². The third-order valence-corrected chi connectivity index (χ3v) is 7.64. The molecule has 42 heavy (non-hydrogen) atoms. The monoisotopic (exact) mass is 560 g/mol. The summed E-state index contributed by atoms with van der Waals surface area (Å²) in [5, 5.41) is 8.51. The second-order valence-electron chi connectivity index (χ2n) is 10.9. The van der Waals surface area contributed by atoms with Crippen molar-refractivity contribution < 1.29 is 9.53 Å². The average Bonchev–Trinajstić information content (AvgIpc) is 3.31. The molecule has 3 atom stereocenters. The van der Waals surface area contributed by atoms with Gasteiger partial charge in [0.1, 0.15) is 5.56 Å². The normalized spacial score (nSPS) is 19.3. The van der Waals surface area contributed by atoms with Gasteiger partial charge < -0.3 is 15.8 Å². The standard InChI is InChI=1S/C33H32N6O3/c1-20-17-23(18-21(2)42-20)13-14-24-9-7-10-25-19-27(39(33(41)28(24)25)26-11-5-4-6-12-26)22(3)36-32(40)29-30(34)37-38-16-8-15-35-31(29)38/h4-12,15-16,19-23H,17-18H2,1-3H3,(H2,34,37)(H,36,40)/t20?,21?,22-,23?/m1/s1. The lowest BCUT2D eigenvalue weighted by molar-refractivity contribution is -0.0419. The van der Waals surface area contributed by atoms with Crippen molar-refractivity contribution in [1.29, 1.82) is 0 Å². The van der Waals surface area contributed by atoms with E-state index in [1.807, 2.05) is 61.5 Å². The molecule has 5 aromatic rings. The molecule has 0 bridgehead atoms. The van der Waals surface area contributed by atoms with Crippen LogP contribution in [0.15, 0.2) is 77.9 Å². The molecule has 4 heterocycles. The molecule has 1 aliphatic heterocycles. The second kappa shape index (κ2) is 11.1. The van der Waals surface area contributed by atoms with E-state index in [4.69, 9.17) is 10.5 Å². The van der Waals surface area contributed by atoms with Gasteiger partial charge in [-0.15, -0.1) is 5.10 Å². The highest BCUT2D eigenvalue weighted by atomic mass is 16.5. The first-order valence-electron chi connectivity index (χ1n) is 14.1. The third-order valence-electron chi connectivity index (χ3n) is 7.64. The van der Waals surface area contributed by atoms with E-state index in [1.165, 1.54) is 4.52 Å². The topological polar surface area (TPSA) is 117 Å². The zero-order valence-electron chi connectivity index (χ0n) is 23.7. The summed E-state index contributed by atoms with van der Waals surface area (Å²) in [7, 11) is 0. The van der Waals surface area contributed by atoms with Gasteiger partial charge in [-0.2, -0.15) is 0 Å². The summed E-state index contributed by atoms with van der Waals surface area (Å²) in [6.07, 6.45) is 5.30. The fourth-order valence-electron chi connectivity index (χ4n) is 5.82. The first-order valence-corrected chi connectivity index (χ1v) is 14.1. The molecule has 0 spiro atoms. The van der Waals surface area contributed by atoms with E-state index >= 15 is 0 Å². The Morgan fingerprint density at radius 3 is 2.62 bits per heavy atom. The quantitative estimate of drug-likeness (QED) is 0.309. The van der Waals surface area contributed by atoms with Crippen molar-refractivity contribution in [2.45, 2.75) is 51.9 Å². The lowest BCUT2D eigenvalue weighted by Gasteiger charge is -2.29. The van der Waals surface area contributed by atoms with E-state index in [0.29, 0.717) is 28.0 Å². The van der Waals surface area contributed by atoms with Crippen LogP contribution in [0.2, 0.25) is 0 Å². The van der Waals surface area contributed by atoms with Crippen LogP contribution in [0.5, 0.6) is 0 Å². The van der Waals surface area contributed by atoms with Crippen LogP contribution >= 0.6 is 0 Å². The number of benzene rings is 2. The van der Waals surface area contributed by atoms with Crippen LogP contribution < -0.4 is 16.6 Å². The molecule has 3 N–H and O–H groups in total. The smallest absolute Gasteiger partial charge is 0.264 e. The van der Waals surface area contributed by atoms with Gasteiger partial charge in [-0.25, -0.2) is 9.50 Å². The average molecular weight is 561 g/mol. The van der Waals surface area contributed by atoms with Crippen LogP contribution in [0.25, 0.3) is 22.1 Å². The highest BCUT2D eigenvalue weighted by molar-refractivity contribution is 6.04. The van der Waals surface area contributed by atoms with Gasteiger partial charge in [-0.05, 0) is 69.3 Å². The lowest BCUT2D eigenvalue weighted by atomic mass is 9.92. The van der Waals surface area contributed by atoms with Crippen LogP contribution in [-0.2, 0) is 4.74 Å². The first kappa shape index (κ1) is 27.2. The number of carbonyl (C=O) groups excluding carboxylic acids is 1. The number of nitrogens with zero attached hydrogens (tertiary/aromatic N) is 4. The van der Waals surface area contributed by atoms with E-state index in [-0.39, 0.29) is 35.1 Å². The molecular weight excluding hydrogens is 528 g/mol. The molecule has 2 unspecified atom stereocenters. The molecule has 9 nitrogen and oxygen atoms in total. The van der Waals surface area contributed by atoms with Gasteiger partial charge in [0, 0.05) is 35.3 Å². The summed E-state index contributed by atoms with van der Waals surface area (Å²) in [5.41, 5.74) is 8.42. The Hall–Kier alpha value is -4.94. The molecule has 2 aromatic carbocycles. The van der Waals surface area contributed by atoms with Crippen molar-refractivity contribution in [3.05, 3.63) is 100 Å². The number of amides is 1. The Bertz CT molecular complexity index is 1910. The number of ether oxygens (including phenoxy) is 1. The zero-order chi connectivity index (χ0) is 29.4. The Kier molecular flexibility index (Phi) is 7.23. The minimum atomic E-state index is -0.562. The number of fused-ring (bicyclic) bond motifs is 2. The molecule has 0 aliphatic carbocycles. The molecule has 1 amide bonds. The maximum absolute atomic E-state index is 14.3. The number of nitrogens with one attached hydrogen (secondary N) is 1. The number of nitrogen functional groups attached to an aromatic ring is 1. The van der Waals surface area contributed by atoms with Crippen LogP contribution in [0.3, 0.4) is 0 Å². The molecule has 1 aliphatic rings. The third kappa shape index (κ3) is 5.13. The summed E-state index contributed by atoms with van der Waals surface area (Å²) >= 11 is 0. The second-order valence-corrected chi connectivity index (χ2v) is 10.9. The van der Waals surface area contributed by atoms with Gasteiger partial charge in [0.15, 0.2) is 11.5 Å². The number of para-hydroxylation sites is 1. The van der Waals surface area contributed by atoms with E-state index < -0.39 is 11.9 Å². The van der Waals surface area contributed by atoms with Crippen LogP contribution in [-0.4, -0.2) is 37.3 Å². The molecule has 0 saturated carbocycles. The summed E-state index contributed by atoms with van der Waals surface area (Å²) in [6, 6.07) is 18.2.